The minimum atomic E-state index is -0.591. The molecule has 10 nitrogen and oxygen atoms in total. The van der Waals surface area contributed by atoms with Crippen LogP contribution in [-0.4, -0.2) is 45.7 Å². The van der Waals surface area contributed by atoms with E-state index < -0.39 is 5.56 Å². The van der Waals surface area contributed by atoms with Crippen molar-refractivity contribution in [3.63, 3.8) is 0 Å². The van der Waals surface area contributed by atoms with Crippen molar-refractivity contribution in [2.24, 2.45) is 0 Å². The molecule has 37 heavy (non-hydrogen) atoms. The number of aromatic hydroxyl groups is 1. The van der Waals surface area contributed by atoms with Gasteiger partial charge in [0.2, 0.25) is 5.89 Å². The van der Waals surface area contributed by atoms with Gasteiger partial charge < -0.3 is 33.3 Å². The van der Waals surface area contributed by atoms with Gasteiger partial charge in [0.15, 0.2) is 0 Å². The highest BCUT2D eigenvalue weighted by atomic mass is 16.5. The first-order valence-corrected chi connectivity index (χ1v) is 11.7. The summed E-state index contributed by atoms with van der Waals surface area (Å²) in [7, 11) is 3.03. The zero-order valence-corrected chi connectivity index (χ0v) is 20.6. The number of para-hydroxylation sites is 1. The molecule has 0 unspecified atom stereocenters. The fraction of sp³-hybridized carbons (Fsp3) is 0.222. The molecule has 3 heterocycles. The SMILES string of the molecule is CCOCc1[nH]c(=O)c(-c2nnc(Cn3ccc4ccccc43)o2)c(O)c1-c1c(OC)cccc1OC. The first kappa shape index (κ1) is 24.1. The van der Waals surface area contributed by atoms with Gasteiger partial charge in [0, 0.05) is 18.3 Å². The van der Waals surface area contributed by atoms with Crippen LogP contribution in [0, 0.1) is 0 Å². The van der Waals surface area contributed by atoms with Crippen LogP contribution >= 0.6 is 0 Å². The molecular formula is C27H26N4O6. The van der Waals surface area contributed by atoms with Crippen LogP contribution in [0.3, 0.4) is 0 Å². The number of benzene rings is 2. The van der Waals surface area contributed by atoms with Crippen LogP contribution in [0.1, 0.15) is 18.5 Å². The third-order valence-electron chi connectivity index (χ3n) is 6.06. The minimum absolute atomic E-state index is 0.0475. The van der Waals surface area contributed by atoms with Gasteiger partial charge in [-0.1, -0.05) is 24.3 Å². The predicted octanol–water partition coefficient (Wildman–Crippen LogP) is 4.35. The zero-order chi connectivity index (χ0) is 25.9. The second-order valence-electron chi connectivity index (χ2n) is 8.21. The zero-order valence-electron chi connectivity index (χ0n) is 20.6. The number of nitrogens with one attached hydrogen (secondary N) is 1. The predicted molar refractivity (Wildman–Crippen MR) is 137 cm³/mol. The molecule has 190 valence electrons. The smallest absolute Gasteiger partial charge is 0.264 e. The fourth-order valence-corrected chi connectivity index (χ4v) is 4.36. The maximum Gasteiger partial charge on any atom is 0.264 e. The largest absolute Gasteiger partial charge is 0.506 e. The van der Waals surface area contributed by atoms with E-state index in [2.05, 4.69) is 15.2 Å². The van der Waals surface area contributed by atoms with E-state index in [0.717, 1.165) is 10.9 Å². The van der Waals surface area contributed by atoms with Gasteiger partial charge in [-0.05, 0) is 36.6 Å². The number of H-pyrrole nitrogens is 1. The molecule has 5 rings (SSSR count). The number of pyridine rings is 1. The summed E-state index contributed by atoms with van der Waals surface area (Å²) in [6.45, 7) is 2.60. The molecule has 0 aliphatic heterocycles. The lowest BCUT2D eigenvalue weighted by atomic mass is 9.98. The molecule has 0 aliphatic carbocycles. The summed E-state index contributed by atoms with van der Waals surface area (Å²) >= 11 is 0. The van der Waals surface area contributed by atoms with Crippen LogP contribution in [0.25, 0.3) is 33.5 Å². The average molecular weight is 503 g/mol. The molecule has 2 aromatic carbocycles. The third kappa shape index (κ3) is 4.43. The quantitative estimate of drug-likeness (QED) is 0.305. The van der Waals surface area contributed by atoms with Crippen molar-refractivity contribution in [2.45, 2.75) is 20.1 Å². The Labute approximate surface area is 212 Å². The fourth-order valence-electron chi connectivity index (χ4n) is 4.36. The average Bonchev–Trinajstić information content (AvgIpc) is 3.54. The molecular weight excluding hydrogens is 476 g/mol. The molecule has 0 saturated carbocycles. The van der Waals surface area contributed by atoms with Crippen molar-refractivity contribution in [3.05, 3.63) is 76.7 Å². The van der Waals surface area contributed by atoms with Crippen LogP contribution in [0.4, 0.5) is 0 Å². The number of nitrogens with zero attached hydrogens (tertiary/aromatic N) is 3. The Balaban J connectivity index is 1.63. The Morgan fingerprint density at radius 1 is 0.973 bits per heavy atom. The molecule has 0 aliphatic rings. The van der Waals surface area contributed by atoms with Gasteiger partial charge >= 0.3 is 0 Å². The molecule has 0 spiro atoms. The number of fused-ring (bicyclic) bond motifs is 1. The van der Waals surface area contributed by atoms with E-state index in [4.69, 9.17) is 18.6 Å². The highest BCUT2D eigenvalue weighted by Gasteiger charge is 2.27. The standard InChI is InChI=1S/C27H26N4O6/c1-4-36-15-17-22(23-19(34-2)10-7-11-20(23)35-3)25(32)24(26(33)28-17)27-30-29-21(37-27)14-31-13-12-16-8-5-6-9-18(16)31/h5-13H,4,14-15H2,1-3H3,(H2,28,32,33). The molecule has 0 saturated heterocycles. The van der Waals surface area contributed by atoms with E-state index in [1.807, 2.05) is 48.0 Å². The van der Waals surface area contributed by atoms with Crippen LogP contribution in [-0.2, 0) is 17.9 Å². The van der Waals surface area contributed by atoms with E-state index in [1.54, 1.807) is 18.2 Å². The maximum absolute atomic E-state index is 13.2. The lowest BCUT2D eigenvalue weighted by Crippen LogP contribution is -2.15. The van der Waals surface area contributed by atoms with Crippen LogP contribution < -0.4 is 15.0 Å². The number of aromatic nitrogens is 4. The van der Waals surface area contributed by atoms with Crippen molar-refractivity contribution in [2.75, 3.05) is 20.8 Å². The Morgan fingerprint density at radius 2 is 1.73 bits per heavy atom. The molecule has 0 fully saturated rings. The van der Waals surface area contributed by atoms with Gasteiger partial charge in [0.05, 0.1) is 37.6 Å². The number of rotatable bonds is 9. The number of ether oxygens (including phenoxy) is 3. The van der Waals surface area contributed by atoms with Crippen molar-refractivity contribution in [3.8, 4) is 39.8 Å². The minimum Gasteiger partial charge on any atom is -0.506 e. The van der Waals surface area contributed by atoms with E-state index in [9.17, 15) is 9.90 Å². The lowest BCUT2D eigenvalue weighted by molar-refractivity contribution is 0.131. The second-order valence-corrected chi connectivity index (χ2v) is 8.21. The Hall–Kier alpha value is -4.57. The van der Waals surface area contributed by atoms with Gasteiger partial charge in [-0.25, -0.2) is 0 Å². The van der Waals surface area contributed by atoms with Crippen LogP contribution in [0.5, 0.6) is 17.2 Å². The van der Waals surface area contributed by atoms with E-state index in [-0.39, 0.29) is 35.3 Å². The summed E-state index contributed by atoms with van der Waals surface area (Å²) < 4.78 is 24.5. The molecule has 0 bridgehead atoms. The summed E-state index contributed by atoms with van der Waals surface area (Å²) in [6.07, 6.45) is 1.92. The van der Waals surface area contributed by atoms with Crippen molar-refractivity contribution >= 4 is 10.9 Å². The van der Waals surface area contributed by atoms with Gasteiger partial charge in [-0.2, -0.15) is 0 Å². The second kappa shape index (κ2) is 10.2. The Bertz CT molecular complexity index is 1600. The normalized spacial score (nSPS) is 11.2. The first-order valence-electron chi connectivity index (χ1n) is 11.7. The lowest BCUT2D eigenvalue weighted by Gasteiger charge is -2.18. The van der Waals surface area contributed by atoms with Gasteiger partial charge in [-0.15, -0.1) is 10.2 Å². The van der Waals surface area contributed by atoms with E-state index in [0.29, 0.717) is 35.9 Å². The Morgan fingerprint density at radius 3 is 2.46 bits per heavy atom. The highest BCUT2D eigenvalue weighted by molar-refractivity contribution is 5.87. The molecule has 0 radical (unpaired) electrons. The van der Waals surface area contributed by atoms with Crippen molar-refractivity contribution in [1.82, 2.24) is 19.7 Å². The summed E-state index contributed by atoms with van der Waals surface area (Å²) in [5, 5.41) is 20.8. The molecule has 5 aromatic rings. The number of methoxy groups -OCH3 is 2. The molecule has 2 N–H and O–H groups in total. The van der Waals surface area contributed by atoms with Crippen LogP contribution in [0.2, 0.25) is 0 Å². The monoisotopic (exact) mass is 502 g/mol. The molecule has 10 heteroatoms. The number of aromatic amines is 1. The molecule has 0 atom stereocenters. The first-order chi connectivity index (χ1) is 18.0. The summed E-state index contributed by atoms with van der Waals surface area (Å²) in [5.74, 6) is 0.711. The highest BCUT2D eigenvalue weighted by Crippen LogP contribution is 2.46. The van der Waals surface area contributed by atoms with Gasteiger partial charge in [0.1, 0.15) is 29.4 Å². The third-order valence-corrected chi connectivity index (χ3v) is 6.06. The van der Waals surface area contributed by atoms with Crippen molar-refractivity contribution in [1.29, 1.82) is 0 Å². The summed E-state index contributed by atoms with van der Waals surface area (Å²) in [4.78, 5) is 16.0. The van der Waals surface area contributed by atoms with E-state index >= 15 is 0 Å². The maximum atomic E-state index is 13.2. The summed E-state index contributed by atoms with van der Waals surface area (Å²) in [6, 6.07) is 15.2. The summed E-state index contributed by atoms with van der Waals surface area (Å²) in [5.41, 5.74) is 1.36. The van der Waals surface area contributed by atoms with Crippen LogP contribution in [0.15, 0.2) is 63.9 Å². The number of hydrogen-bond donors (Lipinski definition) is 2. The van der Waals surface area contributed by atoms with Crippen molar-refractivity contribution < 1.29 is 23.7 Å². The topological polar surface area (TPSA) is 125 Å². The molecule has 3 aromatic heterocycles. The van der Waals surface area contributed by atoms with E-state index in [1.165, 1.54) is 14.2 Å². The van der Waals surface area contributed by atoms with Gasteiger partial charge in [-0.3, -0.25) is 4.79 Å². The molecule has 0 amide bonds. The Kier molecular flexibility index (Phi) is 6.65. The number of hydrogen-bond acceptors (Lipinski definition) is 8. The van der Waals surface area contributed by atoms with Gasteiger partial charge in [0.25, 0.3) is 11.4 Å².